The van der Waals surface area contributed by atoms with Gasteiger partial charge in [-0.05, 0) is 19.3 Å². The van der Waals surface area contributed by atoms with Crippen LogP contribution in [0, 0.1) is 0 Å². The molecule has 0 aliphatic carbocycles. The summed E-state index contributed by atoms with van der Waals surface area (Å²) in [6.07, 6.45) is 49.6. The fourth-order valence-electron chi connectivity index (χ4n) is 7.74. The molecule has 0 aromatic heterocycles. The van der Waals surface area contributed by atoms with Crippen LogP contribution in [0.5, 0.6) is 0 Å². The molecule has 6 heteroatoms. The first-order chi connectivity index (χ1) is 28.0. The van der Waals surface area contributed by atoms with E-state index in [0.717, 1.165) is 57.8 Å². The van der Waals surface area contributed by atoms with Gasteiger partial charge in [0.1, 0.15) is 13.2 Å². The van der Waals surface area contributed by atoms with Gasteiger partial charge in [0.05, 0.1) is 0 Å². The Morgan fingerprint density at radius 3 is 0.702 bits per heavy atom. The zero-order valence-electron chi connectivity index (χ0n) is 38.6. The standard InChI is InChI=1S/C51H98O6/c1-4-7-10-13-16-18-20-22-24-25-26-27-29-31-33-36-38-41-44-50(53)56-47-48(57-51(54)45-42-39-34-15-12-9-6-3)46-55-49(52)43-40-37-35-32-30-28-23-21-19-17-14-11-8-5-2/h48H,4-47H2,1-3H3/t48-/m1/s1. The summed E-state index contributed by atoms with van der Waals surface area (Å²) in [4.78, 5) is 37.7. The third-order valence-electron chi connectivity index (χ3n) is 11.6. The average molecular weight is 807 g/mol. The molecule has 1 atom stereocenters. The van der Waals surface area contributed by atoms with E-state index in [-0.39, 0.29) is 31.1 Å². The molecule has 57 heavy (non-hydrogen) atoms. The molecule has 0 saturated carbocycles. The van der Waals surface area contributed by atoms with Crippen LogP contribution >= 0.6 is 0 Å². The molecule has 6 nitrogen and oxygen atoms in total. The number of rotatable bonds is 47. The Balaban J connectivity index is 4.14. The zero-order valence-corrected chi connectivity index (χ0v) is 38.6. The lowest BCUT2D eigenvalue weighted by Crippen LogP contribution is -2.30. The van der Waals surface area contributed by atoms with Crippen molar-refractivity contribution in [3.63, 3.8) is 0 Å². The van der Waals surface area contributed by atoms with Crippen LogP contribution in [0.15, 0.2) is 0 Å². The van der Waals surface area contributed by atoms with Crippen molar-refractivity contribution >= 4 is 17.9 Å². The molecule has 0 unspecified atom stereocenters. The number of carbonyl (C=O) groups is 3. The van der Waals surface area contributed by atoms with E-state index in [1.54, 1.807) is 0 Å². The molecule has 0 bridgehead atoms. The van der Waals surface area contributed by atoms with Crippen molar-refractivity contribution < 1.29 is 28.6 Å². The van der Waals surface area contributed by atoms with Crippen molar-refractivity contribution in [2.24, 2.45) is 0 Å². The van der Waals surface area contributed by atoms with Crippen LogP contribution in [0.1, 0.15) is 290 Å². The first kappa shape index (κ1) is 55.4. The van der Waals surface area contributed by atoms with Crippen LogP contribution in [0.25, 0.3) is 0 Å². The van der Waals surface area contributed by atoms with E-state index in [4.69, 9.17) is 14.2 Å². The maximum atomic E-state index is 12.6. The van der Waals surface area contributed by atoms with Gasteiger partial charge in [0, 0.05) is 19.3 Å². The topological polar surface area (TPSA) is 78.9 Å². The van der Waals surface area contributed by atoms with Gasteiger partial charge in [-0.3, -0.25) is 14.4 Å². The quantitative estimate of drug-likeness (QED) is 0.0346. The molecule has 338 valence electrons. The number of ether oxygens (including phenoxy) is 3. The highest BCUT2D eigenvalue weighted by molar-refractivity contribution is 5.71. The monoisotopic (exact) mass is 807 g/mol. The van der Waals surface area contributed by atoms with Crippen molar-refractivity contribution in [1.82, 2.24) is 0 Å². The second kappa shape index (κ2) is 47.1. The molecule has 0 saturated heterocycles. The summed E-state index contributed by atoms with van der Waals surface area (Å²) in [5.74, 6) is -0.850. The van der Waals surface area contributed by atoms with Crippen molar-refractivity contribution in [3.05, 3.63) is 0 Å². The first-order valence-electron chi connectivity index (χ1n) is 25.5. The minimum Gasteiger partial charge on any atom is -0.462 e. The van der Waals surface area contributed by atoms with E-state index in [2.05, 4.69) is 20.8 Å². The number of hydrogen-bond donors (Lipinski definition) is 0. The maximum Gasteiger partial charge on any atom is 0.306 e. The molecule has 0 radical (unpaired) electrons. The Bertz CT molecular complexity index is 844. The molecule has 0 aromatic rings. The average Bonchev–Trinajstić information content (AvgIpc) is 3.21. The van der Waals surface area contributed by atoms with Crippen molar-refractivity contribution in [1.29, 1.82) is 0 Å². The van der Waals surface area contributed by atoms with Crippen LogP contribution in [-0.4, -0.2) is 37.2 Å². The molecule has 0 heterocycles. The molecule has 0 aliphatic rings. The highest BCUT2D eigenvalue weighted by atomic mass is 16.6. The van der Waals surface area contributed by atoms with Crippen molar-refractivity contribution in [2.45, 2.75) is 297 Å². The van der Waals surface area contributed by atoms with Gasteiger partial charge in [0.2, 0.25) is 0 Å². The van der Waals surface area contributed by atoms with Gasteiger partial charge in [-0.1, -0.05) is 252 Å². The van der Waals surface area contributed by atoms with Crippen molar-refractivity contribution in [2.75, 3.05) is 13.2 Å². The Kier molecular flexibility index (Phi) is 45.8. The zero-order chi connectivity index (χ0) is 41.5. The fourth-order valence-corrected chi connectivity index (χ4v) is 7.74. The summed E-state index contributed by atoms with van der Waals surface area (Å²) < 4.78 is 16.7. The summed E-state index contributed by atoms with van der Waals surface area (Å²) in [5.41, 5.74) is 0. The third kappa shape index (κ3) is 45.3. The summed E-state index contributed by atoms with van der Waals surface area (Å²) in [5, 5.41) is 0. The second-order valence-corrected chi connectivity index (χ2v) is 17.5. The number of carbonyl (C=O) groups excluding carboxylic acids is 3. The smallest absolute Gasteiger partial charge is 0.306 e. The Labute approximate surface area is 355 Å². The van der Waals surface area contributed by atoms with E-state index in [0.29, 0.717) is 19.3 Å². The lowest BCUT2D eigenvalue weighted by molar-refractivity contribution is -0.167. The molecule has 0 rings (SSSR count). The molecular formula is C51H98O6. The summed E-state index contributed by atoms with van der Waals surface area (Å²) in [6.45, 7) is 6.64. The largest absolute Gasteiger partial charge is 0.462 e. The normalized spacial score (nSPS) is 11.8. The SMILES string of the molecule is CCCCCCCCCCCCCCCCCCCCC(=O)OC[C@@H](COC(=O)CCCCCCCCCCCCCCCC)OC(=O)CCCCCCCCC. The minimum absolute atomic E-state index is 0.0627. The highest BCUT2D eigenvalue weighted by Gasteiger charge is 2.19. The highest BCUT2D eigenvalue weighted by Crippen LogP contribution is 2.17. The Hall–Kier alpha value is -1.59. The molecule has 0 amide bonds. The molecule has 0 aromatic carbocycles. The fraction of sp³-hybridized carbons (Fsp3) is 0.941. The third-order valence-corrected chi connectivity index (χ3v) is 11.6. The molecule has 0 fully saturated rings. The number of esters is 3. The number of unbranched alkanes of at least 4 members (excludes halogenated alkanes) is 36. The van der Waals surface area contributed by atoms with E-state index in [1.807, 2.05) is 0 Å². The molecule has 0 spiro atoms. The maximum absolute atomic E-state index is 12.6. The van der Waals surface area contributed by atoms with Gasteiger partial charge in [0.15, 0.2) is 6.10 Å². The van der Waals surface area contributed by atoms with Crippen LogP contribution < -0.4 is 0 Å². The van der Waals surface area contributed by atoms with Gasteiger partial charge in [0.25, 0.3) is 0 Å². The first-order valence-corrected chi connectivity index (χ1v) is 25.5. The Morgan fingerprint density at radius 2 is 0.474 bits per heavy atom. The van der Waals surface area contributed by atoms with E-state index < -0.39 is 6.10 Å². The van der Waals surface area contributed by atoms with Crippen molar-refractivity contribution in [3.8, 4) is 0 Å². The van der Waals surface area contributed by atoms with Gasteiger partial charge in [-0.2, -0.15) is 0 Å². The predicted octanol–water partition coefficient (Wildman–Crippen LogP) is 16.4. The number of hydrogen-bond acceptors (Lipinski definition) is 6. The lowest BCUT2D eigenvalue weighted by Gasteiger charge is -2.18. The minimum atomic E-state index is -0.758. The van der Waals surface area contributed by atoms with Gasteiger partial charge in [-0.15, -0.1) is 0 Å². The predicted molar refractivity (Wildman–Crippen MR) is 243 cm³/mol. The van der Waals surface area contributed by atoms with Gasteiger partial charge in [-0.25, -0.2) is 0 Å². The summed E-state index contributed by atoms with van der Waals surface area (Å²) in [7, 11) is 0. The molecular weight excluding hydrogens is 709 g/mol. The van der Waals surface area contributed by atoms with E-state index in [1.165, 1.54) is 193 Å². The van der Waals surface area contributed by atoms with Crippen LogP contribution in [-0.2, 0) is 28.6 Å². The second-order valence-electron chi connectivity index (χ2n) is 17.5. The molecule has 0 N–H and O–H groups in total. The molecule has 0 aliphatic heterocycles. The summed E-state index contributed by atoms with van der Waals surface area (Å²) in [6, 6.07) is 0. The van der Waals surface area contributed by atoms with Crippen LogP contribution in [0.2, 0.25) is 0 Å². The van der Waals surface area contributed by atoms with Gasteiger partial charge < -0.3 is 14.2 Å². The summed E-state index contributed by atoms with van der Waals surface area (Å²) >= 11 is 0. The van der Waals surface area contributed by atoms with Crippen LogP contribution in [0.4, 0.5) is 0 Å². The van der Waals surface area contributed by atoms with Crippen LogP contribution in [0.3, 0.4) is 0 Å². The van der Waals surface area contributed by atoms with E-state index in [9.17, 15) is 14.4 Å². The lowest BCUT2D eigenvalue weighted by atomic mass is 10.0. The Morgan fingerprint density at radius 1 is 0.281 bits per heavy atom. The van der Waals surface area contributed by atoms with Gasteiger partial charge >= 0.3 is 17.9 Å². The van der Waals surface area contributed by atoms with E-state index >= 15 is 0 Å².